The van der Waals surface area contributed by atoms with Crippen molar-refractivity contribution in [3.8, 4) is 11.5 Å². The predicted molar refractivity (Wildman–Crippen MR) is 108 cm³/mol. The SMILES string of the molecule is COc1ccc(/C=C/C(=O)c2cccnc2)cc1COc1cccc([N+](=O)[O-])c1. The average Bonchev–Trinajstić information content (AvgIpc) is 2.76. The van der Waals surface area contributed by atoms with Crippen molar-refractivity contribution in [3.05, 3.63) is 99.9 Å². The Labute approximate surface area is 167 Å². The molecule has 0 atom stereocenters. The van der Waals surface area contributed by atoms with E-state index in [0.29, 0.717) is 17.1 Å². The number of nitro groups is 1. The lowest BCUT2D eigenvalue weighted by molar-refractivity contribution is -0.384. The van der Waals surface area contributed by atoms with Gasteiger partial charge in [0.1, 0.15) is 18.1 Å². The summed E-state index contributed by atoms with van der Waals surface area (Å²) in [7, 11) is 1.55. The maximum Gasteiger partial charge on any atom is 0.273 e. The normalized spacial score (nSPS) is 10.7. The van der Waals surface area contributed by atoms with Gasteiger partial charge in [-0.1, -0.05) is 18.2 Å². The molecule has 7 heteroatoms. The fraction of sp³-hybridized carbons (Fsp3) is 0.0909. The number of hydrogen-bond acceptors (Lipinski definition) is 6. The van der Waals surface area contributed by atoms with E-state index in [-0.39, 0.29) is 18.1 Å². The Kier molecular flexibility index (Phi) is 6.32. The second-order valence-corrected chi connectivity index (χ2v) is 6.05. The third-order valence-electron chi connectivity index (χ3n) is 4.10. The van der Waals surface area contributed by atoms with Crippen molar-refractivity contribution in [2.45, 2.75) is 6.61 Å². The highest BCUT2D eigenvalue weighted by Crippen LogP contribution is 2.25. The second-order valence-electron chi connectivity index (χ2n) is 6.05. The quantitative estimate of drug-likeness (QED) is 0.244. The number of allylic oxidation sites excluding steroid dienone is 1. The topological polar surface area (TPSA) is 91.6 Å². The lowest BCUT2D eigenvalue weighted by atomic mass is 10.1. The lowest BCUT2D eigenvalue weighted by Crippen LogP contribution is -2.00. The van der Waals surface area contributed by atoms with E-state index in [0.717, 1.165) is 11.1 Å². The van der Waals surface area contributed by atoms with Gasteiger partial charge in [-0.2, -0.15) is 0 Å². The van der Waals surface area contributed by atoms with E-state index < -0.39 is 4.92 Å². The fourth-order valence-corrected chi connectivity index (χ4v) is 2.64. The summed E-state index contributed by atoms with van der Waals surface area (Å²) in [5.74, 6) is 0.850. The zero-order valence-electron chi connectivity index (χ0n) is 15.6. The molecule has 1 heterocycles. The Morgan fingerprint density at radius 2 is 2.03 bits per heavy atom. The number of rotatable bonds is 8. The summed E-state index contributed by atoms with van der Waals surface area (Å²) < 4.78 is 11.0. The molecular formula is C22H18N2O5. The molecule has 0 saturated carbocycles. The minimum Gasteiger partial charge on any atom is -0.496 e. The van der Waals surface area contributed by atoms with Crippen molar-refractivity contribution in [2.24, 2.45) is 0 Å². The molecule has 0 aliphatic carbocycles. The van der Waals surface area contributed by atoms with Gasteiger partial charge in [0.15, 0.2) is 5.78 Å². The number of nitro benzene ring substituents is 1. The van der Waals surface area contributed by atoms with Crippen molar-refractivity contribution in [1.29, 1.82) is 0 Å². The summed E-state index contributed by atoms with van der Waals surface area (Å²) in [6.45, 7) is 0.155. The molecule has 29 heavy (non-hydrogen) atoms. The fourth-order valence-electron chi connectivity index (χ4n) is 2.64. The monoisotopic (exact) mass is 390 g/mol. The molecule has 0 amide bonds. The molecule has 7 nitrogen and oxygen atoms in total. The number of non-ortho nitro benzene ring substituents is 1. The van der Waals surface area contributed by atoms with E-state index in [1.165, 1.54) is 24.4 Å². The lowest BCUT2D eigenvalue weighted by Gasteiger charge is -2.11. The van der Waals surface area contributed by atoms with Gasteiger partial charge in [0.05, 0.1) is 18.1 Å². The van der Waals surface area contributed by atoms with Crippen molar-refractivity contribution in [3.63, 3.8) is 0 Å². The van der Waals surface area contributed by atoms with Gasteiger partial charge < -0.3 is 9.47 Å². The Balaban J connectivity index is 1.75. The molecule has 0 aliphatic rings. The second kappa shape index (κ2) is 9.27. The third-order valence-corrected chi connectivity index (χ3v) is 4.10. The van der Waals surface area contributed by atoms with Crippen LogP contribution in [0.15, 0.2) is 73.1 Å². The highest BCUT2D eigenvalue weighted by atomic mass is 16.6. The van der Waals surface area contributed by atoms with Crippen LogP contribution in [-0.4, -0.2) is 22.8 Å². The van der Waals surface area contributed by atoms with Crippen LogP contribution in [0.3, 0.4) is 0 Å². The van der Waals surface area contributed by atoms with Gasteiger partial charge in [-0.15, -0.1) is 0 Å². The molecule has 3 rings (SSSR count). The van der Waals surface area contributed by atoms with E-state index in [9.17, 15) is 14.9 Å². The van der Waals surface area contributed by atoms with Crippen LogP contribution in [0, 0.1) is 10.1 Å². The van der Waals surface area contributed by atoms with E-state index in [1.807, 2.05) is 12.1 Å². The number of methoxy groups -OCH3 is 1. The number of benzene rings is 2. The van der Waals surface area contributed by atoms with Gasteiger partial charge in [0.2, 0.25) is 0 Å². The van der Waals surface area contributed by atoms with Crippen LogP contribution in [0.4, 0.5) is 5.69 Å². The summed E-state index contributed by atoms with van der Waals surface area (Å²) >= 11 is 0. The van der Waals surface area contributed by atoms with Gasteiger partial charge in [-0.3, -0.25) is 19.9 Å². The number of hydrogen-bond donors (Lipinski definition) is 0. The zero-order chi connectivity index (χ0) is 20.6. The number of aromatic nitrogens is 1. The zero-order valence-corrected chi connectivity index (χ0v) is 15.6. The molecule has 0 saturated heterocycles. The number of pyridine rings is 1. The number of carbonyl (C=O) groups excluding carboxylic acids is 1. The summed E-state index contributed by atoms with van der Waals surface area (Å²) in [6.07, 6.45) is 6.30. The number of ketones is 1. The van der Waals surface area contributed by atoms with E-state index in [4.69, 9.17) is 9.47 Å². The first-order chi connectivity index (χ1) is 14.1. The molecule has 2 aromatic carbocycles. The molecule has 0 bridgehead atoms. The van der Waals surface area contributed by atoms with E-state index >= 15 is 0 Å². The first-order valence-electron chi connectivity index (χ1n) is 8.73. The molecule has 0 N–H and O–H groups in total. The summed E-state index contributed by atoms with van der Waals surface area (Å²) in [4.78, 5) is 26.5. The largest absolute Gasteiger partial charge is 0.496 e. The summed E-state index contributed by atoms with van der Waals surface area (Å²) in [6, 6.07) is 14.8. The number of nitrogens with zero attached hydrogens (tertiary/aromatic N) is 2. The summed E-state index contributed by atoms with van der Waals surface area (Å²) in [5.41, 5.74) is 2.00. The molecule has 3 aromatic rings. The molecule has 0 radical (unpaired) electrons. The minimum atomic E-state index is -0.474. The van der Waals surface area contributed by atoms with Gasteiger partial charge >= 0.3 is 0 Å². The Bertz CT molecular complexity index is 1050. The molecular weight excluding hydrogens is 372 g/mol. The standard InChI is InChI=1S/C22H18N2O5/c1-28-22-10-8-16(7-9-21(25)17-4-3-11-23-14-17)12-18(22)15-29-20-6-2-5-19(13-20)24(26)27/h2-14H,15H2,1H3/b9-7+. The maximum atomic E-state index is 12.2. The van der Waals surface area contributed by atoms with E-state index in [1.54, 1.807) is 49.7 Å². The van der Waals surface area contributed by atoms with Crippen LogP contribution in [0.5, 0.6) is 11.5 Å². The molecule has 0 spiro atoms. The third kappa shape index (κ3) is 5.26. The van der Waals surface area contributed by atoms with Gasteiger partial charge in [0, 0.05) is 29.6 Å². The highest BCUT2D eigenvalue weighted by molar-refractivity contribution is 6.06. The molecule has 146 valence electrons. The van der Waals surface area contributed by atoms with Gasteiger partial charge in [0.25, 0.3) is 5.69 Å². The highest BCUT2D eigenvalue weighted by Gasteiger charge is 2.09. The van der Waals surface area contributed by atoms with Crippen LogP contribution in [-0.2, 0) is 6.61 Å². The maximum absolute atomic E-state index is 12.2. The molecule has 0 aliphatic heterocycles. The predicted octanol–water partition coefficient (Wildman–Crippen LogP) is 4.47. The first kappa shape index (κ1) is 19.8. The van der Waals surface area contributed by atoms with Crippen molar-refractivity contribution >= 4 is 17.5 Å². The van der Waals surface area contributed by atoms with Crippen LogP contribution in [0.25, 0.3) is 6.08 Å². The number of ether oxygens (including phenoxy) is 2. The molecule has 0 fully saturated rings. The summed E-state index contributed by atoms with van der Waals surface area (Å²) in [5, 5.41) is 10.9. The van der Waals surface area contributed by atoms with Crippen LogP contribution >= 0.6 is 0 Å². The van der Waals surface area contributed by atoms with Crippen LogP contribution in [0.1, 0.15) is 21.5 Å². The van der Waals surface area contributed by atoms with Crippen molar-refractivity contribution < 1.29 is 19.2 Å². The average molecular weight is 390 g/mol. The van der Waals surface area contributed by atoms with E-state index in [2.05, 4.69) is 4.98 Å². The smallest absolute Gasteiger partial charge is 0.273 e. The molecule has 1 aromatic heterocycles. The minimum absolute atomic E-state index is 0.0416. The van der Waals surface area contributed by atoms with Crippen LogP contribution < -0.4 is 9.47 Å². The number of carbonyl (C=O) groups is 1. The Hall–Kier alpha value is -4.00. The van der Waals surface area contributed by atoms with Crippen molar-refractivity contribution in [2.75, 3.05) is 7.11 Å². The Morgan fingerprint density at radius 1 is 1.17 bits per heavy atom. The van der Waals surface area contributed by atoms with Gasteiger partial charge in [-0.25, -0.2) is 0 Å². The van der Waals surface area contributed by atoms with Gasteiger partial charge in [-0.05, 0) is 42.0 Å². The van der Waals surface area contributed by atoms with Crippen LogP contribution in [0.2, 0.25) is 0 Å². The molecule has 0 unspecified atom stereocenters. The Morgan fingerprint density at radius 3 is 2.76 bits per heavy atom. The first-order valence-corrected chi connectivity index (χ1v) is 8.73. The van der Waals surface area contributed by atoms with Crippen molar-refractivity contribution in [1.82, 2.24) is 4.98 Å².